The van der Waals surface area contributed by atoms with Crippen LogP contribution >= 0.6 is 11.6 Å². The minimum Gasteiger partial charge on any atom is -0.356 e. The van der Waals surface area contributed by atoms with Gasteiger partial charge in [0.05, 0.1) is 11.6 Å². The number of para-hydroxylation sites is 1. The lowest BCUT2D eigenvalue weighted by Crippen LogP contribution is -2.19. The molecule has 0 radical (unpaired) electrons. The van der Waals surface area contributed by atoms with Gasteiger partial charge in [-0.3, -0.25) is 4.68 Å². The molecule has 0 spiro atoms. The first-order chi connectivity index (χ1) is 14.2. The molecule has 3 aromatic heterocycles. The molecule has 0 saturated carbocycles. The van der Waals surface area contributed by atoms with Gasteiger partial charge < -0.3 is 10.1 Å². The number of hydrogen-bond donors (Lipinski definition) is 1. The molecule has 0 bridgehead atoms. The first-order valence-corrected chi connectivity index (χ1v) is 9.95. The van der Waals surface area contributed by atoms with Gasteiger partial charge in [0.1, 0.15) is 11.5 Å². The van der Waals surface area contributed by atoms with Gasteiger partial charge in [0.25, 0.3) is 0 Å². The summed E-state index contributed by atoms with van der Waals surface area (Å²) in [6, 6.07) is 9.83. The number of rotatable bonds is 4. The lowest BCUT2D eigenvalue weighted by molar-refractivity contribution is -0.0368. The molecule has 0 amide bonds. The number of benzene rings is 1. The smallest absolute Gasteiger partial charge is 0.226 e. The van der Waals surface area contributed by atoms with Gasteiger partial charge in [-0.15, -0.1) is 0 Å². The molecule has 1 unspecified atom stereocenters. The molecule has 148 valence electrons. The maximum atomic E-state index is 6.30. The number of fused-ring (bicyclic) bond motifs is 1. The highest BCUT2D eigenvalue weighted by atomic mass is 35.5. The van der Waals surface area contributed by atoms with Crippen molar-refractivity contribution in [1.82, 2.24) is 29.5 Å². The highest BCUT2D eigenvalue weighted by molar-refractivity contribution is 6.29. The fourth-order valence-electron chi connectivity index (χ4n) is 3.62. The van der Waals surface area contributed by atoms with Gasteiger partial charge in [0.2, 0.25) is 5.28 Å². The van der Waals surface area contributed by atoms with E-state index in [1.54, 1.807) is 10.9 Å². The fraction of sp³-hybridized carbons (Fsp3) is 0.300. The van der Waals surface area contributed by atoms with Gasteiger partial charge in [0, 0.05) is 31.1 Å². The van der Waals surface area contributed by atoms with Crippen molar-refractivity contribution in [3.8, 4) is 11.3 Å². The third kappa shape index (κ3) is 3.45. The first-order valence-electron chi connectivity index (χ1n) is 9.57. The maximum Gasteiger partial charge on any atom is 0.226 e. The number of ether oxygens (including phenoxy) is 1. The Morgan fingerprint density at radius 2 is 2.03 bits per heavy atom. The van der Waals surface area contributed by atoms with Crippen molar-refractivity contribution in [2.75, 3.05) is 11.9 Å². The van der Waals surface area contributed by atoms with E-state index in [1.807, 2.05) is 48.3 Å². The fourth-order valence-corrected chi connectivity index (χ4v) is 3.79. The van der Waals surface area contributed by atoms with Gasteiger partial charge in [0.15, 0.2) is 11.9 Å². The summed E-state index contributed by atoms with van der Waals surface area (Å²) in [5.74, 6) is 0.604. The summed E-state index contributed by atoms with van der Waals surface area (Å²) in [4.78, 5) is 8.98. The van der Waals surface area contributed by atoms with Gasteiger partial charge in [-0.25, -0.2) is 4.68 Å². The van der Waals surface area contributed by atoms with Crippen LogP contribution in [0.5, 0.6) is 0 Å². The lowest BCUT2D eigenvalue weighted by atomic mass is 10.2. The predicted octanol–water partition coefficient (Wildman–Crippen LogP) is 4.32. The normalized spacial score (nSPS) is 17.0. The standard InChI is InChI=1S/C20H20ClN7O/c1-27-12-13(11-22-27)17-16-18(23-14-7-3-2-4-8-14)24-20(21)25-19(16)28(26-17)15-9-5-6-10-29-15/h2-4,7-8,11-12,15H,5-6,9-10H2,1H3,(H,23,24,25). The average Bonchev–Trinajstić information content (AvgIpc) is 3.33. The van der Waals surface area contributed by atoms with Crippen molar-refractivity contribution >= 4 is 34.1 Å². The molecule has 1 aromatic carbocycles. The van der Waals surface area contributed by atoms with E-state index in [1.165, 1.54) is 0 Å². The molecule has 1 saturated heterocycles. The zero-order chi connectivity index (χ0) is 19.8. The Morgan fingerprint density at radius 1 is 1.17 bits per heavy atom. The summed E-state index contributed by atoms with van der Waals surface area (Å²) in [6.45, 7) is 0.711. The summed E-state index contributed by atoms with van der Waals surface area (Å²) in [6.07, 6.45) is 6.56. The van der Waals surface area contributed by atoms with Crippen molar-refractivity contribution in [2.24, 2.45) is 7.05 Å². The van der Waals surface area contributed by atoms with Crippen LogP contribution in [-0.2, 0) is 11.8 Å². The summed E-state index contributed by atoms with van der Waals surface area (Å²) in [5, 5.41) is 13.5. The molecular weight excluding hydrogens is 390 g/mol. The lowest BCUT2D eigenvalue weighted by Gasteiger charge is -2.23. The molecule has 8 nitrogen and oxygen atoms in total. The number of anilines is 2. The van der Waals surface area contributed by atoms with Gasteiger partial charge in [-0.2, -0.15) is 20.2 Å². The Kier molecular flexibility index (Phi) is 4.65. The van der Waals surface area contributed by atoms with Gasteiger partial charge >= 0.3 is 0 Å². The molecule has 1 atom stereocenters. The van der Waals surface area contributed by atoms with Crippen LogP contribution in [0.3, 0.4) is 0 Å². The third-order valence-electron chi connectivity index (χ3n) is 4.97. The number of halogens is 1. The van der Waals surface area contributed by atoms with Crippen molar-refractivity contribution in [3.05, 3.63) is 48.0 Å². The van der Waals surface area contributed by atoms with Crippen LogP contribution in [0.15, 0.2) is 42.7 Å². The van der Waals surface area contributed by atoms with E-state index in [0.717, 1.165) is 41.6 Å². The van der Waals surface area contributed by atoms with E-state index in [2.05, 4.69) is 20.4 Å². The molecule has 4 heterocycles. The number of aromatic nitrogens is 6. The van der Waals surface area contributed by atoms with Crippen LogP contribution in [0.1, 0.15) is 25.5 Å². The highest BCUT2D eigenvalue weighted by Crippen LogP contribution is 2.36. The summed E-state index contributed by atoms with van der Waals surface area (Å²) in [7, 11) is 1.88. The van der Waals surface area contributed by atoms with Crippen LogP contribution in [0.25, 0.3) is 22.3 Å². The van der Waals surface area contributed by atoms with Gasteiger partial charge in [-0.1, -0.05) is 18.2 Å². The zero-order valence-electron chi connectivity index (χ0n) is 15.9. The summed E-state index contributed by atoms with van der Waals surface area (Å²) < 4.78 is 9.56. The Morgan fingerprint density at radius 3 is 2.76 bits per heavy atom. The molecule has 1 aliphatic heterocycles. The maximum absolute atomic E-state index is 6.30. The van der Waals surface area contributed by atoms with E-state index < -0.39 is 0 Å². The van der Waals surface area contributed by atoms with E-state index in [-0.39, 0.29) is 11.5 Å². The molecule has 9 heteroatoms. The Labute approximate surface area is 172 Å². The third-order valence-corrected chi connectivity index (χ3v) is 5.14. The van der Waals surface area contributed by atoms with E-state index in [0.29, 0.717) is 18.1 Å². The van der Waals surface area contributed by atoms with Crippen LogP contribution in [0.4, 0.5) is 11.5 Å². The first kappa shape index (κ1) is 18.1. The monoisotopic (exact) mass is 409 g/mol. The van der Waals surface area contributed by atoms with E-state index in [9.17, 15) is 0 Å². The second-order valence-electron chi connectivity index (χ2n) is 7.05. The number of nitrogens with one attached hydrogen (secondary N) is 1. The Bertz CT molecular complexity index is 1150. The molecule has 1 fully saturated rings. The van der Waals surface area contributed by atoms with Crippen LogP contribution in [-0.4, -0.2) is 36.1 Å². The predicted molar refractivity (Wildman–Crippen MR) is 111 cm³/mol. The Hall–Kier alpha value is -2.97. The minimum atomic E-state index is -0.174. The molecule has 4 aromatic rings. The second-order valence-corrected chi connectivity index (χ2v) is 7.39. The average molecular weight is 410 g/mol. The largest absolute Gasteiger partial charge is 0.356 e. The number of nitrogens with zero attached hydrogens (tertiary/aromatic N) is 6. The van der Waals surface area contributed by atoms with Gasteiger partial charge in [-0.05, 0) is 43.0 Å². The molecule has 1 aliphatic rings. The summed E-state index contributed by atoms with van der Waals surface area (Å²) in [5.41, 5.74) is 3.18. The van der Waals surface area contributed by atoms with Crippen molar-refractivity contribution in [3.63, 3.8) is 0 Å². The topological polar surface area (TPSA) is 82.7 Å². The molecule has 0 aliphatic carbocycles. The second kappa shape index (κ2) is 7.46. The molecular formula is C20H20ClN7O. The van der Waals surface area contributed by atoms with Crippen LogP contribution < -0.4 is 5.32 Å². The van der Waals surface area contributed by atoms with Crippen molar-refractivity contribution in [1.29, 1.82) is 0 Å². The van der Waals surface area contributed by atoms with Crippen LogP contribution in [0.2, 0.25) is 5.28 Å². The van der Waals surface area contributed by atoms with Crippen molar-refractivity contribution < 1.29 is 4.74 Å². The molecule has 29 heavy (non-hydrogen) atoms. The minimum absolute atomic E-state index is 0.158. The number of aryl methyl sites for hydroxylation is 1. The highest BCUT2D eigenvalue weighted by Gasteiger charge is 2.26. The van der Waals surface area contributed by atoms with E-state index >= 15 is 0 Å². The van der Waals surface area contributed by atoms with Crippen molar-refractivity contribution in [2.45, 2.75) is 25.5 Å². The SMILES string of the molecule is Cn1cc(-c2nn(C3CCCCO3)c3nc(Cl)nc(Nc4ccccc4)c23)cn1. The summed E-state index contributed by atoms with van der Waals surface area (Å²) >= 11 is 6.30. The molecule has 5 rings (SSSR count). The number of hydrogen-bond acceptors (Lipinski definition) is 6. The van der Waals surface area contributed by atoms with E-state index in [4.69, 9.17) is 21.4 Å². The van der Waals surface area contributed by atoms with Crippen LogP contribution in [0, 0.1) is 0 Å². The zero-order valence-corrected chi connectivity index (χ0v) is 16.7. The molecule has 1 N–H and O–H groups in total. The Balaban J connectivity index is 1.72. The quantitative estimate of drug-likeness (QED) is 0.505.